The van der Waals surface area contributed by atoms with Gasteiger partial charge >= 0.3 is 0 Å². The summed E-state index contributed by atoms with van der Waals surface area (Å²) in [7, 11) is 0. The van der Waals surface area contributed by atoms with Gasteiger partial charge in [0.1, 0.15) is 18.4 Å². The number of nitrogens with zero attached hydrogens (tertiary/aromatic N) is 1. The summed E-state index contributed by atoms with van der Waals surface area (Å²) in [5.74, 6) is 0.500. The Balaban J connectivity index is 1.27. The SMILES string of the molecule is O=C(N/N=C/c1ccc(Cl)cc1Cl)C1CC(c2ccc(OCc3ccccc3Cl)cc2)NN1. The van der Waals surface area contributed by atoms with Crippen LogP contribution in [0.15, 0.2) is 71.8 Å². The molecule has 1 aliphatic heterocycles. The molecule has 2 unspecified atom stereocenters. The van der Waals surface area contributed by atoms with E-state index in [0.717, 1.165) is 16.9 Å². The van der Waals surface area contributed by atoms with Gasteiger partial charge in [0.05, 0.1) is 11.2 Å². The molecule has 3 aromatic carbocycles. The van der Waals surface area contributed by atoms with Crippen molar-refractivity contribution >= 4 is 46.9 Å². The maximum Gasteiger partial charge on any atom is 0.258 e. The van der Waals surface area contributed by atoms with Gasteiger partial charge in [0.25, 0.3) is 5.91 Å². The van der Waals surface area contributed by atoms with Crippen LogP contribution in [0.1, 0.15) is 29.2 Å². The van der Waals surface area contributed by atoms with Gasteiger partial charge in [-0.3, -0.25) is 4.79 Å². The lowest BCUT2D eigenvalue weighted by molar-refractivity contribution is -0.122. The van der Waals surface area contributed by atoms with E-state index in [2.05, 4.69) is 21.4 Å². The highest BCUT2D eigenvalue weighted by molar-refractivity contribution is 6.36. The predicted octanol–water partition coefficient (Wildman–Crippen LogP) is 5.28. The number of hydrogen-bond donors (Lipinski definition) is 3. The van der Waals surface area contributed by atoms with Crippen molar-refractivity contribution in [2.45, 2.75) is 25.1 Å². The highest BCUT2D eigenvalue weighted by Gasteiger charge is 2.30. The number of nitrogens with one attached hydrogen (secondary N) is 3. The zero-order chi connectivity index (χ0) is 23.2. The van der Waals surface area contributed by atoms with Crippen LogP contribution < -0.4 is 21.0 Å². The van der Waals surface area contributed by atoms with Gasteiger partial charge < -0.3 is 4.74 Å². The number of carbonyl (C=O) groups excluding carboxylic acids is 1. The lowest BCUT2D eigenvalue weighted by Crippen LogP contribution is -2.41. The molecular weight excluding hydrogens is 483 g/mol. The molecule has 4 rings (SSSR count). The van der Waals surface area contributed by atoms with Crippen molar-refractivity contribution in [2.24, 2.45) is 5.10 Å². The van der Waals surface area contributed by atoms with E-state index in [1.807, 2.05) is 48.5 Å². The molecule has 1 heterocycles. The van der Waals surface area contributed by atoms with E-state index in [-0.39, 0.29) is 11.9 Å². The Kier molecular flexibility index (Phi) is 7.85. The third kappa shape index (κ3) is 6.25. The summed E-state index contributed by atoms with van der Waals surface area (Å²) < 4.78 is 5.83. The fourth-order valence-corrected chi connectivity index (χ4v) is 4.02. The van der Waals surface area contributed by atoms with Crippen LogP contribution in [0, 0.1) is 0 Å². The zero-order valence-corrected chi connectivity index (χ0v) is 19.7. The normalized spacial score (nSPS) is 17.9. The molecular formula is C24H21Cl3N4O2. The van der Waals surface area contributed by atoms with Crippen LogP contribution in [0.4, 0.5) is 0 Å². The van der Waals surface area contributed by atoms with Crippen LogP contribution in [0.25, 0.3) is 0 Å². The molecule has 9 heteroatoms. The minimum Gasteiger partial charge on any atom is -0.489 e. The third-order valence-electron chi connectivity index (χ3n) is 5.20. The zero-order valence-electron chi connectivity index (χ0n) is 17.4. The maximum absolute atomic E-state index is 12.4. The summed E-state index contributed by atoms with van der Waals surface area (Å²) in [5.41, 5.74) is 11.3. The third-order valence-corrected chi connectivity index (χ3v) is 6.13. The average molecular weight is 504 g/mol. The number of hydrazine groups is 1. The van der Waals surface area contributed by atoms with Crippen molar-refractivity contribution in [1.82, 2.24) is 16.3 Å². The summed E-state index contributed by atoms with van der Waals surface area (Å²) in [6, 6.07) is 20.0. The molecule has 2 atom stereocenters. The Hall–Kier alpha value is -2.61. The van der Waals surface area contributed by atoms with Gasteiger partial charge in [-0.15, -0.1) is 0 Å². The Morgan fingerprint density at radius 1 is 1.03 bits per heavy atom. The molecule has 0 aromatic heterocycles. The molecule has 1 amide bonds. The van der Waals surface area contributed by atoms with Gasteiger partial charge in [0.2, 0.25) is 0 Å². The Morgan fingerprint density at radius 2 is 1.82 bits per heavy atom. The predicted molar refractivity (Wildman–Crippen MR) is 132 cm³/mol. The van der Waals surface area contributed by atoms with Crippen molar-refractivity contribution in [1.29, 1.82) is 0 Å². The van der Waals surface area contributed by atoms with Crippen LogP contribution in [-0.4, -0.2) is 18.2 Å². The van der Waals surface area contributed by atoms with E-state index >= 15 is 0 Å². The average Bonchev–Trinajstić information content (AvgIpc) is 3.31. The van der Waals surface area contributed by atoms with Gasteiger partial charge in [-0.05, 0) is 42.3 Å². The highest BCUT2D eigenvalue weighted by atomic mass is 35.5. The number of rotatable bonds is 7. The summed E-state index contributed by atoms with van der Waals surface area (Å²) in [5, 5.41) is 5.67. The van der Waals surface area contributed by atoms with Crippen molar-refractivity contribution in [2.75, 3.05) is 0 Å². The van der Waals surface area contributed by atoms with Crippen LogP contribution in [0.2, 0.25) is 15.1 Å². The quantitative estimate of drug-likeness (QED) is 0.303. The van der Waals surface area contributed by atoms with Crippen LogP contribution in [0.3, 0.4) is 0 Å². The standard InChI is InChI=1S/C24H21Cl3N4O2/c25-18-8-5-16(21(27)11-18)13-28-31-24(32)23-12-22(29-30-23)15-6-9-19(10-7-15)33-14-17-3-1-2-4-20(17)26/h1-11,13,22-23,29-30H,12,14H2,(H,31,32)/b28-13+. The molecule has 33 heavy (non-hydrogen) atoms. The second-order valence-electron chi connectivity index (χ2n) is 7.48. The molecule has 0 spiro atoms. The van der Waals surface area contributed by atoms with E-state index in [4.69, 9.17) is 39.5 Å². The van der Waals surface area contributed by atoms with Crippen molar-refractivity contribution in [3.05, 3.63) is 98.5 Å². The molecule has 3 N–H and O–H groups in total. The lowest BCUT2D eigenvalue weighted by Gasteiger charge is -2.12. The molecule has 0 aliphatic carbocycles. The monoisotopic (exact) mass is 502 g/mol. The van der Waals surface area contributed by atoms with E-state index in [1.165, 1.54) is 6.21 Å². The van der Waals surface area contributed by atoms with E-state index in [0.29, 0.717) is 33.7 Å². The maximum atomic E-state index is 12.4. The molecule has 0 radical (unpaired) electrons. The molecule has 6 nitrogen and oxygen atoms in total. The number of ether oxygens (including phenoxy) is 1. The second-order valence-corrected chi connectivity index (χ2v) is 8.73. The number of hydrogen-bond acceptors (Lipinski definition) is 5. The molecule has 0 bridgehead atoms. The van der Waals surface area contributed by atoms with Gasteiger partial charge in [-0.2, -0.15) is 5.10 Å². The van der Waals surface area contributed by atoms with Gasteiger partial charge in [0, 0.05) is 27.2 Å². The summed E-state index contributed by atoms with van der Waals surface area (Å²) in [4.78, 5) is 12.4. The topological polar surface area (TPSA) is 74.8 Å². The molecule has 1 aliphatic rings. The van der Waals surface area contributed by atoms with Crippen LogP contribution >= 0.6 is 34.8 Å². The van der Waals surface area contributed by atoms with Gasteiger partial charge in [0.15, 0.2) is 0 Å². The molecule has 3 aromatic rings. The first-order chi connectivity index (χ1) is 16.0. The summed E-state index contributed by atoms with van der Waals surface area (Å²) in [6.45, 7) is 0.395. The fraction of sp³-hybridized carbons (Fsp3) is 0.167. The number of amides is 1. The molecule has 0 saturated carbocycles. The minimum absolute atomic E-state index is 0.0203. The van der Waals surface area contributed by atoms with Crippen molar-refractivity contribution in [3.8, 4) is 5.75 Å². The fourth-order valence-electron chi connectivity index (χ4n) is 3.37. The number of carbonyl (C=O) groups is 1. The van der Waals surface area contributed by atoms with Crippen LogP contribution in [-0.2, 0) is 11.4 Å². The molecule has 170 valence electrons. The highest BCUT2D eigenvalue weighted by Crippen LogP contribution is 2.25. The Bertz CT molecular complexity index is 1150. The first-order valence-electron chi connectivity index (χ1n) is 10.2. The summed E-state index contributed by atoms with van der Waals surface area (Å²) in [6.07, 6.45) is 2.06. The minimum atomic E-state index is -0.427. The Morgan fingerprint density at radius 3 is 2.58 bits per heavy atom. The van der Waals surface area contributed by atoms with E-state index in [1.54, 1.807) is 18.2 Å². The van der Waals surface area contributed by atoms with Gasteiger partial charge in [-0.25, -0.2) is 16.3 Å². The first kappa shape index (κ1) is 23.5. The first-order valence-corrected chi connectivity index (χ1v) is 11.4. The largest absolute Gasteiger partial charge is 0.489 e. The number of benzene rings is 3. The van der Waals surface area contributed by atoms with Crippen LogP contribution in [0.5, 0.6) is 5.75 Å². The molecule has 1 fully saturated rings. The number of hydrazone groups is 1. The second kappa shape index (κ2) is 11.0. The summed E-state index contributed by atoms with van der Waals surface area (Å²) >= 11 is 18.2. The lowest BCUT2D eigenvalue weighted by atomic mass is 10.0. The van der Waals surface area contributed by atoms with E-state index < -0.39 is 6.04 Å². The van der Waals surface area contributed by atoms with Gasteiger partial charge in [-0.1, -0.05) is 71.2 Å². The molecule has 1 saturated heterocycles. The smallest absolute Gasteiger partial charge is 0.258 e. The van der Waals surface area contributed by atoms with Crippen molar-refractivity contribution in [3.63, 3.8) is 0 Å². The van der Waals surface area contributed by atoms with E-state index in [9.17, 15) is 4.79 Å². The number of halogens is 3. The Labute approximate surface area is 206 Å². The van der Waals surface area contributed by atoms with Crippen molar-refractivity contribution < 1.29 is 9.53 Å².